The lowest BCUT2D eigenvalue weighted by molar-refractivity contribution is -0.127. The largest absolute Gasteiger partial charge is 0.374 e. The summed E-state index contributed by atoms with van der Waals surface area (Å²) in [6.07, 6.45) is 6.16. The van der Waals surface area contributed by atoms with Crippen LogP contribution in [0.25, 0.3) is 0 Å². The summed E-state index contributed by atoms with van der Waals surface area (Å²) >= 11 is 3.52. The van der Waals surface area contributed by atoms with Crippen molar-refractivity contribution in [3.05, 3.63) is 136 Å². The molecule has 0 unspecified atom stereocenters. The number of nitrogens with one attached hydrogen (secondary N) is 1. The first-order valence-corrected chi connectivity index (χ1v) is 13.5. The molecule has 4 aromatic rings. The fourth-order valence-corrected chi connectivity index (χ4v) is 5.16. The van der Waals surface area contributed by atoms with Gasteiger partial charge in [-0.2, -0.15) is 0 Å². The van der Waals surface area contributed by atoms with E-state index in [-0.39, 0.29) is 17.7 Å². The van der Waals surface area contributed by atoms with E-state index in [0.717, 1.165) is 28.6 Å². The number of ketones is 1. The van der Waals surface area contributed by atoms with Crippen LogP contribution in [-0.4, -0.2) is 32.7 Å². The van der Waals surface area contributed by atoms with Gasteiger partial charge in [-0.15, -0.1) is 0 Å². The van der Waals surface area contributed by atoms with Crippen molar-refractivity contribution in [3.63, 3.8) is 0 Å². The molecule has 2 heterocycles. The zero-order valence-electron chi connectivity index (χ0n) is 21.1. The fraction of sp³-hybridized carbons (Fsp3) is 0.194. The van der Waals surface area contributed by atoms with Crippen molar-refractivity contribution < 1.29 is 9.59 Å². The predicted octanol–water partition coefficient (Wildman–Crippen LogP) is 6.11. The molecular weight excluding hydrogens is 540 g/mol. The van der Waals surface area contributed by atoms with E-state index in [2.05, 4.69) is 26.2 Å². The van der Waals surface area contributed by atoms with E-state index in [9.17, 15) is 9.59 Å². The summed E-state index contributed by atoms with van der Waals surface area (Å²) < 4.78 is 2.93. The Bertz CT molecular complexity index is 1420. The van der Waals surface area contributed by atoms with Crippen molar-refractivity contribution in [3.8, 4) is 0 Å². The van der Waals surface area contributed by atoms with Crippen LogP contribution in [0, 0.1) is 0 Å². The van der Waals surface area contributed by atoms with E-state index < -0.39 is 6.04 Å². The summed E-state index contributed by atoms with van der Waals surface area (Å²) in [5.41, 5.74) is 3.34. The van der Waals surface area contributed by atoms with Crippen molar-refractivity contribution in [1.29, 1.82) is 0 Å². The number of aromatic nitrogens is 2. The first-order chi connectivity index (χ1) is 18.5. The van der Waals surface area contributed by atoms with Gasteiger partial charge in [0.15, 0.2) is 5.78 Å². The Morgan fingerprint density at radius 2 is 1.66 bits per heavy atom. The Balaban J connectivity index is 1.56. The van der Waals surface area contributed by atoms with Crippen LogP contribution in [0.1, 0.15) is 46.9 Å². The van der Waals surface area contributed by atoms with E-state index >= 15 is 0 Å². The molecule has 0 fully saturated rings. The van der Waals surface area contributed by atoms with Crippen LogP contribution < -0.4 is 5.32 Å². The molecule has 0 radical (unpaired) electrons. The molecule has 1 amide bonds. The van der Waals surface area contributed by atoms with Crippen LogP contribution in [0.5, 0.6) is 0 Å². The highest BCUT2D eigenvalue weighted by Gasteiger charge is 2.43. The van der Waals surface area contributed by atoms with Crippen LogP contribution in [0.4, 0.5) is 0 Å². The molecule has 192 valence electrons. The van der Waals surface area contributed by atoms with Gasteiger partial charge >= 0.3 is 0 Å². The Morgan fingerprint density at radius 3 is 2.32 bits per heavy atom. The summed E-state index contributed by atoms with van der Waals surface area (Å²) in [6.45, 7) is 3.23. The fourth-order valence-electron chi connectivity index (χ4n) is 4.90. The van der Waals surface area contributed by atoms with Gasteiger partial charge < -0.3 is 14.8 Å². The number of nitrogens with zero attached hydrogens (tertiary/aromatic N) is 3. The van der Waals surface area contributed by atoms with Gasteiger partial charge in [-0.3, -0.25) is 9.59 Å². The first kappa shape index (κ1) is 25.7. The van der Waals surface area contributed by atoms with Crippen molar-refractivity contribution >= 4 is 27.6 Å². The molecule has 1 aromatic heterocycles. The molecule has 0 bridgehead atoms. The predicted molar refractivity (Wildman–Crippen MR) is 151 cm³/mol. The highest BCUT2D eigenvalue weighted by molar-refractivity contribution is 9.10. The number of hydrogen-bond acceptors (Lipinski definition) is 4. The molecule has 7 heteroatoms. The highest BCUT2D eigenvalue weighted by Crippen LogP contribution is 2.40. The minimum absolute atomic E-state index is 0.147. The highest BCUT2D eigenvalue weighted by atomic mass is 79.9. The average Bonchev–Trinajstić information content (AvgIpc) is 3.56. The number of aryl methyl sites for hydroxylation is 1. The standard InChI is InChI=1S/C31H29BrN4O2/c1-22(23-9-4-2-5-10-23)34-28-27(30(37)25-11-6-3-7-12-25)29(24-13-15-26(32)16-14-24)36(31(28)38)19-8-18-35-20-17-33-21-35/h2-7,9-17,20-22,29,34H,8,18-19H2,1H3/t22-,29+/m1/s1. The lowest BCUT2D eigenvalue weighted by Gasteiger charge is -2.27. The Morgan fingerprint density at radius 1 is 0.974 bits per heavy atom. The Labute approximate surface area is 231 Å². The van der Waals surface area contributed by atoms with Gasteiger partial charge in [-0.1, -0.05) is 88.7 Å². The van der Waals surface area contributed by atoms with Gasteiger partial charge in [0.25, 0.3) is 5.91 Å². The molecule has 1 aliphatic rings. The van der Waals surface area contributed by atoms with Crippen molar-refractivity contribution in [2.75, 3.05) is 6.54 Å². The van der Waals surface area contributed by atoms with Crippen molar-refractivity contribution in [2.45, 2.75) is 32.0 Å². The van der Waals surface area contributed by atoms with E-state index in [0.29, 0.717) is 23.4 Å². The number of carbonyl (C=O) groups excluding carboxylic acids is 2. The van der Waals surface area contributed by atoms with Crippen LogP contribution in [0.2, 0.25) is 0 Å². The molecule has 5 rings (SSSR count). The summed E-state index contributed by atoms with van der Waals surface area (Å²) in [6, 6.07) is 26.3. The SMILES string of the molecule is C[C@@H](NC1=C(C(=O)c2ccccc2)[C@H](c2ccc(Br)cc2)N(CCCn2ccnc2)C1=O)c1ccccc1. The number of rotatable bonds is 10. The molecule has 3 aromatic carbocycles. The number of benzene rings is 3. The third kappa shape index (κ3) is 5.48. The van der Waals surface area contributed by atoms with Gasteiger partial charge in [0, 0.05) is 41.6 Å². The van der Waals surface area contributed by atoms with E-state index in [1.807, 2.05) is 95.4 Å². The quantitative estimate of drug-likeness (QED) is 0.234. The number of halogens is 1. The topological polar surface area (TPSA) is 67.2 Å². The third-order valence-corrected chi connectivity index (χ3v) is 7.36. The van der Waals surface area contributed by atoms with Gasteiger partial charge in [0.05, 0.1) is 17.9 Å². The summed E-state index contributed by atoms with van der Waals surface area (Å²) in [7, 11) is 0. The molecule has 0 saturated carbocycles. The summed E-state index contributed by atoms with van der Waals surface area (Å²) in [4.78, 5) is 34.1. The smallest absolute Gasteiger partial charge is 0.271 e. The second-order valence-electron chi connectivity index (χ2n) is 9.37. The van der Waals surface area contributed by atoms with Crippen LogP contribution in [0.15, 0.2) is 119 Å². The molecule has 1 aliphatic heterocycles. The number of Topliss-reactive ketones (excluding diaryl/α,β-unsaturated/α-hetero) is 1. The normalized spacial score (nSPS) is 16.1. The average molecular weight is 570 g/mol. The molecule has 0 spiro atoms. The Hall–Kier alpha value is -3.97. The number of amides is 1. The summed E-state index contributed by atoms with van der Waals surface area (Å²) in [5.74, 6) is -0.308. The van der Waals surface area contributed by atoms with Crippen LogP contribution >= 0.6 is 15.9 Å². The molecule has 38 heavy (non-hydrogen) atoms. The molecular formula is C31H29BrN4O2. The first-order valence-electron chi connectivity index (χ1n) is 12.7. The maximum Gasteiger partial charge on any atom is 0.271 e. The van der Waals surface area contributed by atoms with Crippen LogP contribution in [0.3, 0.4) is 0 Å². The molecule has 6 nitrogen and oxygen atoms in total. The number of hydrogen-bond donors (Lipinski definition) is 1. The van der Waals surface area contributed by atoms with Crippen LogP contribution in [-0.2, 0) is 11.3 Å². The molecule has 0 aliphatic carbocycles. The van der Waals surface area contributed by atoms with Crippen molar-refractivity contribution in [2.24, 2.45) is 0 Å². The van der Waals surface area contributed by atoms with E-state index in [1.54, 1.807) is 24.7 Å². The minimum Gasteiger partial charge on any atom is -0.374 e. The van der Waals surface area contributed by atoms with Gasteiger partial charge in [0.1, 0.15) is 5.70 Å². The lowest BCUT2D eigenvalue weighted by atomic mass is 9.92. The zero-order chi connectivity index (χ0) is 26.5. The van der Waals surface area contributed by atoms with Crippen molar-refractivity contribution in [1.82, 2.24) is 19.8 Å². The van der Waals surface area contributed by atoms with Gasteiger partial charge in [0.2, 0.25) is 0 Å². The van der Waals surface area contributed by atoms with E-state index in [4.69, 9.17) is 0 Å². The maximum atomic E-state index is 14.1. The lowest BCUT2D eigenvalue weighted by Crippen LogP contribution is -2.34. The maximum absolute atomic E-state index is 14.1. The number of imidazole rings is 1. The monoisotopic (exact) mass is 568 g/mol. The third-order valence-electron chi connectivity index (χ3n) is 6.83. The number of carbonyl (C=O) groups is 2. The molecule has 2 atom stereocenters. The second-order valence-corrected chi connectivity index (χ2v) is 10.3. The zero-order valence-corrected chi connectivity index (χ0v) is 22.7. The van der Waals surface area contributed by atoms with Gasteiger partial charge in [-0.25, -0.2) is 4.98 Å². The van der Waals surface area contributed by atoms with Gasteiger partial charge in [-0.05, 0) is 36.6 Å². The second kappa shape index (κ2) is 11.6. The molecule has 0 saturated heterocycles. The summed E-state index contributed by atoms with van der Waals surface area (Å²) in [5, 5.41) is 3.43. The minimum atomic E-state index is -0.503. The Kier molecular flexibility index (Phi) is 7.84. The molecule has 1 N–H and O–H groups in total. The van der Waals surface area contributed by atoms with E-state index in [1.165, 1.54) is 0 Å².